The van der Waals surface area contributed by atoms with Crippen LogP contribution in [0.2, 0.25) is 5.02 Å². The quantitative estimate of drug-likeness (QED) is 0.184. The van der Waals surface area contributed by atoms with Gasteiger partial charge in [-0.1, -0.05) is 11.6 Å². The molecule has 0 radical (unpaired) electrons. The highest BCUT2D eigenvalue weighted by atomic mass is 35.5. The molecular formula is C20H20ClF3N10O3. The van der Waals surface area contributed by atoms with E-state index in [1.807, 2.05) is 0 Å². The third-order valence-electron chi connectivity index (χ3n) is 5.47. The van der Waals surface area contributed by atoms with Crippen LogP contribution in [0.5, 0.6) is 0 Å². The van der Waals surface area contributed by atoms with Crippen LogP contribution in [0.3, 0.4) is 0 Å². The summed E-state index contributed by atoms with van der Waals surface area (Å²) in [5.74, 6) is 0.462. The summed E-state index contributed by atoms with van der Waals surface area (Å²) in [5, 5.41) is 28.7. The number of anilines is 3. The van der Waals surface area contributed by atoms with E-state index in [0.29, 0.717) is 10.8 Å². The molecule has 0 bridgehead atoms. The van der Waals surface area contributed by atoms with E-state index >= 15 is 0 Å². The van der Waals surface area contributed by atoms with Crippen LogP contribution in [-0.4, -0.2) is 63.1 Å². The maximum atomic E-state index is 13.6. The largest absolute Gasteiger partial charge is 0.401 e. The lowest BCUT2D eigenvalue weighted by atomic mass is 9.88. The Bertz CT molecular complexity index is 1390. The van der Waals surface area contributed by atoms with E-state index in [1.165, 1.54) is 13.1 Å². The maximum Gasteiger partial charge on any atom is 0.401 e. The van der Waals surface area contributed by atoms with Gasteiger partial charge in [0.2, 0.25) is 12.1 Å². The fourth-order valence-corrected chi connectivity index (χ4v) is 3.83. The Balaban J connectivity index is 0.000000233. The summed E-state index contributed by atoms with van der Waals surface area (Å²) in [5.41, 5.74) is -0.154. The minimum Gasteiger partial charge on any atom is -0.387 e. The van der Waals surface area contributed by atoms with Crippen molar-refractivity contribution in [1.82, 2.24) is 19.6 Å². The predicted molar refractivity (Wildman–Crippen MR) is 131 cm³/mol. The Morgan fingerprint density at radius 3 is 2.59 bits per heavy atom. The topological polar surface area (TPSA) is 167 Å². The number of hydrogen-bond acceptors (Lipinski definition) is 10. The van der Waals surface area contributed by atoms with E-state index < -0.39 is 28.7 Å². The number of halogens is 4. The molecule has 1 atom stereocenters. The summed E-state index contributed by atoms with van der Waals surface area (Å²) < 4.78 is 41.6. The Kier molecular flexibility index (Phi) is 7.61. The third-order valence-corrected chi connectivity index (χ3v) is 5.76. The monoisotopic (exact) mass is 540 g/mol. The third kappa shape index (κ3) is 5.00. The number of nitro groups is 1. The Hall–Kier alpha value is -4.34. The van der Waals surface area contributed by atoms with Crippen LogP contribution >= 0.6 is 11.6 Å². The number of hydrazone groups is 1. The lowest BCUT2D eigenvalue weighted by molar-refractivity contribution is -0.383. The number of hydrogen-bond donors (Lipinski definition) is 3. The molecule has 17 heteroatoms. The molecule has 13 nitrogen and oxygen atoms in total. The van der Waals surface area contributed by atoms with E-state index in [0.717, 1.165) is 34.4 Å². The van der Waals surface area contributed by atoms with Gasteiger partial charge in [0.25, 0.3) is 0 Å². The van der Waals surface area contributed by atoms with Crippen LogP contribution in [0.25, 0.3) is 5.65 Å². The van der Waals surface area contributed by atoms with Gasteiger partial charge in [0.1, 0.15) is 11.1 Å². The summed E-state index contributed by atoms with van der Waals surface area (Å²) >= 11 is 5.89. The summed E-state index contributed by atoms with van der Waals surface area (Å²) in [6, 6.07) is 1.73. The molecule has 3 aromatic heterocycles. The number of amides is 1. The summed E-state index contributed by atoms with van der Waals surface area (Å²) in [4.78, 5) is 30.2. The van der Waals surface area contributed by atoms with E-state index in [4.69, 9.17) is 17.0 Å². The van der Waals surface area contributed by atoms with E-state index in [2.05, 4.69) is 30.9 Å². The van der Waals surface area contributed by atoms with Gasteiger partial charge in [0.15, 0.2) is 5.82 Å². The molecule has 4 heterocycles. The van der Waals surface area contributed by atoms with E-state index in [-0.39, 0.29) is 29.1 Å². The fraction of sp³-hybridized carbons (Fsp3) is 0.300. The van der Waals surface area contributed by atoms with Crippen LogP contribution in [0.15, 0.2) is 23.6 Å². The van der Waals surface area contributed by atoms with Crippen molar-refractivity contribution in [3.63, 3.8) is 0 Å². The van der Waals surface area contributed by atoms with Crippen molar-refractivity contribution in [3.8, 4) is 0 Å². The molecule has 3 N–H and O–H groups in total. The number of nitrogens with zero attached hydrogens (tertiary/aromatic N) is 7. The van der Waals surface area contributed by atoms with Gasteiger partial charge in [0.05, 0.1) is 45.6 Å². The van der Waals surface area contributed by atoms with Crippen molar-refractivity contribution < 1.29 is 22.9 Å². The number of rotatable bonds is 6. The Morgan fingerprint density at radius 1 is 1.35 bits per heavy atom. The molecule has 4 rings (SSSR count). The molecule has 0 saturated carbocycles. The van der Waals surface area contributed by atoms with Crippen LogP contribution < -0.4 is 15.6 Å². The average Bonchev–Trinajstić information content (AvgIpc) is 3.34. The number of carbonyl (C=O) groups is 1. The summed E-state index contributed by atoms with van der Waals surface area (Å²) in [6.07, 6.45) is 0.613. The molecule has 1 aliphatic rings. The SMILES string of the molecule is CNc1cnc(N/N=C\C=N)c(Cl)c1.Cc1nn2c3c(cnc2c1[N+](=O)[O-])N(C=O)CC3(C)C(F)(F)F. The minimum atomic E-state index is -4.68. The van der Waals surface area contributed by atoms with Crippen molar-refractivity contribution in [3.05, 3.63) is 45.0 Å². The zero-order valence-corrected chi connectivity index (χ0v) is 20.3. The molecule has 0 fully saturated rings. The zero-order chi connectivity index (χ0) is 27.5. The van der Waals surface area contributed by atoms with Gasteiger partial charge < -0.3 is 15.6 Å². The maximum absolute atomic E-state index is 13.6. The highest BCUT2D eigenvalue weighted by Gasteiger charge is 2.60. The molecule has 3 aromatic rings. The molecule has 0 saturated heterocycles. The highest BCUT2D eigenvalue weighted by Crippen LogP contribution is 2.49. The van der Waals surface area contributed by atoms with Crippen molar-refractivity contribution in [2.45, 2.75) is 25.4 Å². The standard InChI is InChI=1S/C12H10F3N5O3.C8H10ClN5/c1-6-8(20(22)23)10-16-3-7-9(19(10)17-6)11(2,12(13,14)15)4-18(7)5-21;1-11-6-4-7(9)8(12-5-6)14-13-3-2-10/h3,5H,4H2,1-2H3;2-5,10-11H,1H3,(H,12,14)/b;10-2?,13-3-. The van der Waals surface area contributed by atoms with E-state index in [1.54, 1.807) is 19.3 Å². The Morgan fingerprint density at radius 2 is 2.05 bits per heavy atom. The molecule has 1 aliphatic heterocycles. The second-order valence-corrected chi connectivity index (χ2v) is 8.25. The summed E-state index contributed by atoms with van der Waals surface area (Å²) in [7, 11) is 1.79. The fourth-order valence-electron chi connectivity index (χ4n) is 3.62. The van der Waals surface area contributed by atoms with E-state index in [9.17, 15) is 28.1 Å². The highest BCUT2D eigenvalue weighted by molar-refractivity contribution is 6.33. The number of carbonyl (C=O) groups excluding carboxylic acids is 1. The number of aryl methyl sites for hydroxylation is 1. The second kappa shape index (κ2) is 10.3. The number of alkyl halides is 3. The first-order valence-corrected chi connectivity index (χ1v) is 10.7. The smallest absolute Gasteiger partial charge is 0.387 e. The molecule has 37 heavy (non-hydrogen) atoms. The molecule has 1 amide bonds. The van der Waals surface area contributed by atoms with Gasteiger partial charge in [-0.15, -0.1) is 0 Å². The normalized spacial score (nSPS) is 16.8. The second-order valence-electron chi connectivity index (χ2n) is 7.84. The van der Waals surface area contributed by atoms with Crippen molar-refractivity contribution in [2.75, 3.05) is 29.2 Å². The zero-order valence-electron chi connectivity index (χ0n) is 19.5. The van der Waals surface area contributed by atoms with Gasteiger partial charge in [-0.25, -0.2) is 14.5 Å². The van der Waals surface area contributed by atoms with Crippen molar-refractivity contribution in [1.29, 1.82) is 5.41 Å². The lowest BCUT2D eigenvalue weighted by Crippen LogP contribution is -2.44. The number of aromatic nitrogens is 4. The first-order valence-electron chi connectivity index (χ1n) is 10.3. The Labute approximate surface area is 212 Å². The first-order chi connectivity index (χ1) is 17.4. The number of nitrogens with one attached hydrogen (secondary N) is 3. The molecule has 196 valence electrons. The molecular weight excluding hydrogens is 521 g/mol. The van der Waals surface area contributed by atoms with Gasteiger partial charge in [-0.2, -0.15) is 23.4 Å². The minimum absolute atomic E-state index is 0.0509. The lowest BCUT2D eigenvalue weighted by Gasteiger charge is -2.27. The molecule has 0 aliphatic carbocycles. The predicted octanol–water partition coefficient (Wildman–Crippen LogP) is 3.57. The molecule has 0 aromatic carbocycles. The van der Waals surface area contributed by atoms with Gasteiger partial charge in [-0.3, -0.25) is 20.3 Å². The van der Waals surface area contributed by atoms with Crippen LogP contribution in [0.4, 0.5) is 36.1 Å². The molecule has 0 spiro atoms. The van der Waals surface area contributed by atoms with Crippen molar-refractivity contribution in [2.24, 2.45) is 5.10 Å². The van der Waals surface area contributed by atoms with Gasteiger partial charge in [0, 0.05) is 19.8 Å². The first kappa shape index (κ1) is 27.3. The van der Waals surface area contributed by atoms with Crippen LogP contribution in [0, 0.1) is 22.4 Å². The number of fused-ring (bicyclic) bond motifs is 3. The number of pyridine rings is 1. The molecule has 1 unspecified atom stereocenters. The van der Waals surface area contributed by atoms with Gasteiger partial charge >= 0.3 is 11.9 Å². The van der Waals surface area contributed by atoms with Crippen molar-refractivity contribution >= 4 is 59.0 Å². The summed E-state index contributed by atoms with van der Waals surface area (Å²) in [6.45, 7) is 1.61. The van der Waals surface area contributed by atoms with Crippen LogP contribution in [-0.2, 0) is 10.2 Å². The average molecular weight is 541 g/mol. The van der Waals surface area contributed by atoms with Crippen LogP contribution in [0.1, 0.15) is 18.3 Å². The van der Waals surface area contributed by atoms with Gasteiger partial charge in [-0.05, 0) is 19.9 Å².